The van der Waals surface area contributed by atoms with Crippen molar-refractivity contribution in [3.05, 3.63) is 29.1 Å². The molecule has 0 radical (unpaired) electrons. The van der Waals surface area contributed by atoms with Gasteiger partial charge in [0.2, 0.25) is 34.8 Å². The van der Waals surface area contributed by atoms with E-state index >= 15 is 0 Å². The summed E-state index contributed by atoms with van der Waals surface area (Å²) in [7, 11) is 0. The average molecular weight is 827 g/mol. The van der Waals surface area contributed by atoms with E-state index in [1.807, 2.05) is 0 Å². The molecule has 1 aromatic carbocycles. The molecule has 0 aromatic heterocycles. The second-order valence-corrected chi connectivity index (χ2v) is 10.8. The Labute approximate surface area is 323 Å². The fourth-order valence-corrected chi connectivity index (χ4v) is 3.76. The summed E-state index contributed by atoms with van der Waals surface area (Å²) in [6, 6.07) is 0. The lowest BCUT2D eigenvalue weighted by atomic mass is 10.2. The van der Waals surface area contributed by atoms with E-state index in [9.17, 15) is 31.5 Å². The van der Waals surface area contributed by atoms with Crippen LogP contribution in [0.5, 0.6) is 5.75 Å². The van der Waals surface area contributed by atoms with Gasteiger partial charge in [0.25, 0.3) is 0 Å². The summed E-state index contributed by atoms with van der Waals surface area (Å²) in [5.74, 6) is -14.5. The molecular formula is C35H55F5O16. The molecule has 1 rings (SSSR count). The summed E-state index contributed by atoms with van der Waals surface area (Å²) in [6.45, 7) is 10.2. The summed E-state index contributed by atoms with van der Waals surface area (Å²) < 4.78 is 140. The van der Waals surface area contributed by atoms with Crippen LogP contribution in [-0.4, -0.2) is 177 Å². The number of benzene rings is 1. The number of rotatable bonds is 40. The molecule has 0 N–H and O–H groups in total. The SMILES string of the molecule is CC(=O)OCCOCCOCCOCCOCCOCCOCCOCCOCCOCCOCCOCCOCCC(=O)Oc1c(F)c(F)c(F)c(F)c1F. The first-order valence-corrected chi connectivity index (χ1v) is 18.0. The maximum atomic E-state index is 13.6. The summed E-state index contributed by atoms with van der Waals surface area (Å²) in [5.41, 5.74) is 0. The Morgan fingerprint density at radius 3 is 0.804 bits per heavy atom. The molecule has 0 fully saturated rings. The summed E-state index contributed by atoms with van der Waals surface area (Å²) in [6.07, 6.45) is -0.492. The van der Waals surface area contributed by atoms with Crippen molar-refractivity contribution in [2.45, 2.75) is 13.3 Å². The van der Waals surface area contributed by atoms with Crippen molar-refractivity contribution >= 4 is 11.9 Å². The summed E-state index contributed by atoms with van der Waals surface area (Å²) in [4.78, 5) is 22.3. The van der Waals surface area contributed by atoms with E-state index in [-0.39, 0.29) is 39.0 Å². The first-order chi connectivity index (χ1) is 27.3. The van der Waals surface area contributed by atoms with Crippen molar-refractivity contribution in [3.8, 4) is 5.75 Å². The lowest BCUT2D eigenvalue weighted by Gasteiger charge is -2.09. The predicted octanol–water partition coefficient (Wildman–Crippen LogP) is 2.44. The quantitative estimate of drug-likeness (QED) is 0.0237. The van der Waals surface area contributed by atoms with Crippen LogP contribution in [0.15, 0.2) is 0 Å². The molecule has 0 heterocycles. The molecule has 0 amide bonds. The Bertz CT molecular complexity index is 1110. The molecule has 56 heavy (non-hydrogen) atoms. The van der Waals surface area contributed by atoms with Gasteiger partial charge in [0.15, 0.2) is 0 Å². The average Bonchev–Trinajstić information content (AvgIpc) is 3.18. The van der Waals surface area contributed by atoms with Crippen LogP contribution < -0.4 is 4.74 Å². The van der Waals surface area contributed by atoms with Gasteiger partial charge in [-0.2, -0.15) is 8.78 Å². The highest BCUT2D eigenvalue weighted by Crippen LogP contribution is 2.29. The van der Waals surface area contributed by atoms with Gasteiger partial charge in [0.05, 0.1) is 165 Å². The third-order valence-corrected chi connectivity index (χ3v) is 6.46. The third kappa shape index (κ3) is 28.7. The third-order valence-electron chi connectivity index (χ3n) is 6.46. The standard InChI is InChI=1S/C35H55F5O16/c1-28(41)55-27-26-54-25-24-53-23-22-52-21-20-51-19-18-50-17-16-49-15-14-48-13-12-47-11-10-46-9-8-45-7-6-44-5-4-43-3-2-29(42)56-35-33(39)31(37)30(36)32(38)34(35)40/h2-27H2,1H3. The topological polar surface area (TPSA) is 163 Å². The smallest absolute Gasteiger partial charge is 0.313 e. The normalized spacial score (nSPS) is 11.4. The molecule has 21 heteroatoms. The molecule has 0 spiro atoms. The van der Waals surface area contributed by atoms with Crippen LogP contribution in [-0.2, 0) is 71.2 Å². The van der Waals surface area contributed by atoms with Gasteiger partial charge in [-0.1, -0.05) is 0 Å². The van der Waals surface area contributed by atoms with Crippen molar-refractivity contribution < 1.29 is 97.9 Å². The van der Waals surface area contributed by atoms with E-state index in [4.69, 9.17) is 61.6 Å². The van der Waals surface area contributed by atoms with Crippen molar-refractivity contribution in [2.24, 2.45) is 0 Å². The molecule has 0 atom stereocenters. The highest BCUT2D eigenvalue weighted by molar-refractivity contribution is 5.72. The Balaban J connectivity index is 1.71. The Morgan fingerprint density at radius 1 is 0.339 bits per heavy atom. The number of hydrogen-bond donors (Lipinski definition) is 0. The highest BCUT2D eigenvalue weighted by Gasteiger charge is 2.28. The van der Waals surface area contributed by atoms with Crippen LogP contribution in [0.2, 0.25) is 0 Å². The minimum Gasteiger partial charge on any atom is -0.463 e. The van der Waals surface area contributed by atoms with E-state index in [1.54, 1.807) is 0 Å². The lowest BCUT2D eigenvalue weighted by Crippen LogP contribution is -2.16. The fraction of sp³-hybridized carbons (Fsp3) is 0.771. The second kappa shape index (κ2) is 36.7. The largest absolute Gasteiger partial charge is 0.463 e. The van der Waals surface area contributed by atoms with Gasteiger partial charge in [0, 0.05) is 6.92 Å². The van der Waals surface area contributed by atoms with E-state index in [0.29, 0.717) is 132 Å². The van der Waals surface area contributed by atoms with Gasteiger partial charge in [-0.15, -0.1) is 0 Å². The van der Waals surface area contributed by atoms with Crippen LogP contribution in [0.4, 0.5) is 22.0 Å². The Kier molecular flexibility index (Phi) is 33.6. The molecular weight excluding hydrogens is 771 g/mol. The van der Waals surface area contributed by atoms with E-state index in [2.05, 4.69) is 4.74 Å². The van der Waals surface area contributed by atoms with Gasteiger partial charge in [0.1, 0.15) is 6.61 Å². The fourth-order valence-electron chi connectivity index (χ4n) is 3.76. The molecule has 0 bridgehead atoms. The zero-order chi connectivity index (χ0) is 40.9. The van der Waals surface area contributed by atoms with Gasteiger partial charge in [-0.3, -0.25) is 9.59 Å². The van der Waals surface area contributed by atoms with Gasteiger partial charge in [-0.25, -0.2) is 13.2 Å². The summed E-state index contributed by atoms with van der Waals surface area (Å²) >= 11 is 0. The highest BCUT2D eigenvalue weighted by atomic mass is 19.2. The number of halogens is 5. The van der Waals surface area contributed by atoms with Gasteiger partial charge in [-0.05, 0) is 0 Å². The van der Waals surface area contributed by atoms with Gasteiger partial charge < -0.3 is 66.3 Å². The maximum absolute atomic E-state index is 13.6. The number of hydrogen-bond acceptors (Lipinski definition) is 16. The molecule has 0 saturated heterocycles. The second-order valence-electron chi connectivity index (χ2n) is 10.8. The van der Waals surface area contributed by atoms with E-state index < -0.39 is 47.2 Å². The minimum atomic E-state index is -2.35. The molecule has 0 aliphatic rings. The van der Waals surface area contributed by atoms with Crippen molar-refractivity contribution in [1.29, 1.82) is 0 Å². The van der Waals surface area contributed by atoms with Crippen LogP contribution in [0.1, 0.15) is 13.3 Å². The lowest BCUT2D eigenvalue weighted by molar-refractivity contribution is -0.142. The zero-order valence-electron chi connectivity index (χ0n) is 31.8. The Hall–Kier alpha value is -2.67. The van der Waals surface area contributed by atoms with Crippen molar-refractivity contribution in [2.75, 3.05) is 165 Å². The van der Waals surface area contributed by atoms with Crippen LogP contribution in [0, 0.1) is 29.1 Å². The van der Waals surface area contributed by atoms with Crippen LogP contribution >= 0.6 is 0 Å². The molecule has 16 nitrogen and oxygen atoms in total. The first-order valence-electron chi connectivity index (χ1n) is 18.0. The minimum absolute atomic E-state index is 0.0743. The van der Waals surface area contributed by atoms with Gasteiger partial charge >= 0.3 is 11.9 Å². The first kappa shape index (κ1) is 51.3. The zero-order valence-corrected chi connectivity index (χ0v) is 31.8. The number of esters is 2. The molecule has 0 saturated carbocycles. The maximum Gasteiger partial charge on any atom is 0.313 e. The number of carbonyl (C=O) groups excluding carboxylic acids is 2. The predicted molar refractivity (Wildman–Crippen MR) is 183 cm³/mol. The molecule has 326 valence electrons. The molecule has 0 aliphatic heterocycles. The number of carbonyl (C=O) groups is 2. The summed E-state index contributed by atoms with van der Waals surface area (Å²) in [5, 5.41) is 0. The van der Waals surface area contributed by atoms with Crippen molar-refractivity contribution in [1.82, 2.24) is 0 Å². The monoisotopic (exact) mass is 826 g/mol. The van der Waals surface area contributed by atoms with Crippen LogP contribution in [0.25, 0.3) is 0 Å². The Morgan fingerprint density at radius 2 is 0.554 bits per heavy atom. The van der Waals surface area contributed by atoms with Crippen molar-refractivity contribution in [3.63, 3.8) is 0 Å². The number of ether oxygens (including phenoxy) is 14. The molecule has 1 aromatic rings. The molecule has 0 unspecified atom stereocenters. The van der Waals surface area contributed by atoms with E-state index in [1.165, 1.54) is 6.92 Å². The van der Waals surface area contributed by atoms with Crippen LogP contribution in [0.3, 0.4) is 0 Å². The van der Waals surface area contributed by atoms with E-state index in [0.717, 1.165) is 0 Å². The molecule has 0 aliphatic carbocycles.